The highest BCUT2D eigenvalue weighted by Crippen LogP contribution is 2.21. The first-order valence-corrected chi connectivity index (χ1v) is 11.0. The van der Waals surface area contributed by atoms with Crippen LogP contribution in [0.2, 0.25) is 0 Å². The molecule has 31 heavy (non-hydrogen) atoms. The zero-order valence-corrected chi connectivity index (χ0v) is 18.0. The van der Waals surface area contributed by atoms with Crippen LogP contribution < -0.4 is 15.4 Å². The number of thiazole rings is 1. The number of methoxy groups -OCH3 is 1. The van der Waals surface area contributed by atoms with Crippen LogP contribution in [0.5, 0.6) is 5.75 Å². The van der Waals surface area contributed by atoms with E-state index in [0.717, 1.165) is 5.69 Å². The van der Waals surface area contributed by atoms with Gasteiger partial charge in [0.25, 0.3) is 11.6 Å². The van der Waals surface area contributed by atoms with Crippen LogP contribution in [-0.4, -0.2) is 34.6 Å². The summed E-state index contributed by atoms with van der Waals surface area (Å²) in [5.41, 5.74) is 1.65. The number of rotatable bonds is 9. The number of carbonyl (C=O) groups excluding carboxylic acids is 2. The van der Waals surface area contributed by atoms with Crippen molar-refractivity contribution in [2.75, 3.05) is 23.5 Å². The number of nitro benzene ring substituents is 1. The first-order valence-electron chi connectivity index (χ1n) is 8.96. The molecule has 0 atom stereocenters. The number of non-ortho nitro benzene ring substituents is 1. The average molecular weight is 459 g/mol. The van der Waals surface area contributed by atoms with E-state index in [0.29, 0.717) is 27.9 Å². The first kappa shape index (κ1) is 22.2. The zero-order chi connectivity index (χ0) is 22.2. The Morgan fingerprint density at radius 1 is 1.13 bits per heavy atom. The van der Waals surface area contributed by atoms with Crippen LogP contribution in [-0.2, 0) is 10.5 Å². The number of carbonyl (C=O) groups is 2. The van der Waals surface area contributed by atoms with Crippen LogP contribution in [0.1, 0.15) is 16.1 Å². The molecule has 0 saturated carbocycles. The number of anilines is 2. The number of amides is 2. The molecule has 1 aromatic heterocycles. The van der Waals surface area contributed by atoms with Crippen molar-refractivity contribution in [1.29, 1.82) is 0 Å². The van der Waals surface area contributed by atoms with E-state index in [-0.39, 0.29) is 17.3 Å². The molecule has 0 bridgehead atoms. The van der Waals surface area contributed by atoms with E-state index in [2.05, 4.69) is 15.6 Å². The second-order valence-corrected chi connectivity index (χ2v) is 8.02. The van der Waals surface area contributed by atoms with Gasteiger partial charge in [0, 0.05) is 34.5 Å². The number of nitro groups is 1. The number of nitrogens with one attached hydrogen (secondary N) is 2. The van der Waals surface area contributed by atoms with E-state index in [1.807, 2.05) is 0 Å². The van der Waals surface area contributed by atoms with E-state index in [1.54, 1.807) is 36.8 Å². The zero-order valence-electron chi connectivity index (χ0n) is 16.4. The number of benzene rings is 2. The van der Waals surface area contributed by atoms with Gasteiger partial charge in [-0.1, -0.05) is 0 Å². The normalized spacial score (nSPS) is 10.4. The van der Waals surface area contributed by atoms with Gasteiger partial charge in [-0.3, -0.25) is 25.0 Å². The number of nitrogens with zero attached hydrogens (tertiary/aromatic N) is 2. The summed E-state index contributed by atoms with van der Waals surface area (Å²) in [5, 5.41) is 18.4. The monoisotopic (exact) mass is 458 g/mol. The number of aromatic nitrogens is 1. The average Bonchev–Trinajstić information content (AvgIpc) is 3.21. The maximum Gasteiger partial charge on any atom is 0.269 e. The molecule has 0 unspecified atom stereocenters. The minimum atomic E-state index is -0.524. The molecule has 0 spiro atoms. The van der Waals surface area contributed by atoms with Crippen molar-refractivity contribution in [3.05, 3.63) is 75.3 Å². The Labute approximate surface area is 186 Å². The lowest BCUT2D eigenvalue weighted by Gasteiger charge is -2.06. The van der Waals surface area contributed by atoms with E-state index in [1.165, 1.54) is 47.4 Å². The molecule has 3 rings (SSSR count). The van der Waals surface area contributed by atoms with Crippen molar-refractivity contribution >= 4 is 51.4 Å². The van der Waals surface area contributed by atoms with Gasteiger partial charge in [-0.15, -0.1) is 23.1 Å². The molecule has 160 valence electrons. The predicted molar refractivity (Wildman–Crippen MR) is 121 cm³/mol. The van der Waals surface area contributed by atoms with Crippen LogP contribution >= 0.6 is 23.1 Å². The number of thioether (sulfide) groups is 1. The van der Waals surface area contributed by atoms with Crippen molar-refractivity contribution in [3.8, 4) is 5.75 Å². The summed E-state index contributed by atoms with van der Waals surface area (Å²) in [6, 6.07) is 12.4. The molecule has 0 aliphatic carbocycles. The van der Waals surface area contributed by atoms with Crippen molar-refractivity contribution in [2.24, 2.45) is 0 Å². The summed E-state index contributed by atoms with van der Waals surface area (Å²) < 4.78 is 5.08. The largest absolute Gasteiger partial charge is 0.497 e. The molecular formula is C20H18N4O5S2. The van der Waals surface area contributed by atoms with Gasteiger partial charge in [0.1, 0.15) is 5.75 Å². The summed E-state index contributed by atoms with van der Waals surface area (Å²) in [6.45, 7) is 0. The highest BCUT2D eigenvalue weighted by molar-refractivity contribution is 7.99. The van der Waals surface area contributed by atoms with Gasteiger partial charge in [-0.05, 0) is 36.4 Å². The van der Waals surface area contributed by atoms with Gasteiger partial charge < -0.3 is 10.1 Å². The Hall–Kier alpha value is -3.44. The molecule has 0 fully saturated rings. The number of hydrogen-bond acceptors (Lipinski definition) is 8. The Kier molecular flexibility index (Phi) is 7.57. The fraction of sp³-hybridized carbons (Fsp3) is 0.150. The molecule has 0 radical (unpaired) electrons. The van der Waals surface area contributed by atoms with E-state index in [4.69, 9.17) is 4.74 Å². The molecule has 0 aliphatic rings. The third-order valence-electron chi connectivity index (χ3n) is 3.97. The van der Waals surface area contributed by atoms with Crippen LogP contribution in [0.15, 0.2) is 53.9 Å². The second kappa shape index (κ2) is 10.5. The SMILES string of the molecule is COc1ccc(NC(=O)CSCc2csc(NC(=O)c3ccc([N+](=O)[O-])cc3)n2)cc1. The highest BCUT2D eigenvalue weighted by atomic mass is 32.2. The lowest BCUT2D eigenvalue weighted by Crippen LogP contribution is -2.14. The third-order valence-corrected chi connectivity index (χ3v) is 5.74. The topological polar surface area (TPSA) is 123 Å². The molecule has 0 saturated heterocycles. The van der Waals surface area contributed by atoms with Crippen LogP contribution in [0.25, 0.3) is 0 Å². The molecule has 1 heterocycles. The van der Waals surface area contributed by atoms with Crippen LogP contribution in [0.4, 0.5) is 16.5 Å². The molecule has 2 aromatic carbocycles. The summed E-state index contributed by atoms with van der Waals surface area (Å²) in [6.07, 6.45) is 0. The first-order chi connectivity index (χ1) is 14.9. The smallest absolute Gasteiger partial charge is 0.269 e. The standard InChI is InChI=1S/C20H18N4O5S2/c1-29-17-8-4-14(5-9-17)21-18(25)12-30-10-15-11-31-20(22-15)23-19(26)13-2-6-16(7-3-13)24(27)28/h2-9,11H,10,12H2,1H3,(H,21,25)(H,22,23,26). The molecule has 3 aromatic rings. The van der Waals surface area contributed by atoms with Gasteiger partial charge in [-0.2, -0.15) is 0 Å². The van der Waals surface area contributed by atoms with Gasteiger partial charge in [-0.25, -0.2) is 4.98 Å². The molecule has 2 amide bonds. The minimum Gasteiger partial charge on any atom is -0.497 e. The molecule has 0 aliphatic heterocycles. The molecular weight excluding hydrogens is 440 g/mol. The predicted octanol–water partition coefficient (Wildman–Crippen LogP) is 4.18. The number of hydrogen-bond donors (Lipinski definition) is 2. The maximum atomic E-state index is 12.2. The molecule has 9 nitrogen and oxygen atoms in total. The minimum absolute atomic E-state index is 0.0823. The Balaban J connectivity index is 1.44. The summed E-state index contributed by atoms with van der Waals surface area (Å²) in [4.78, 5) is 38.8. The lowest BCUT2D eigenvalue weighted by molar-refractivity contribution is -0.384. The molecule has 11 heteroatoms. The van der Waals surface area contributed by atoms with Crippen LogP contribution in [0.3, 0.4) is 0 Å². The van der Waals surface area contributed by atoms with E-state index < -0.39 is 10.8 Å². The quantitative estimate of drug-likeness (QED) is 0.364. The Bertz CT molecular complexity index is 1070. The molecule has 2 N–H and O–H groups in total. The van der Waals surface area contributed by atoms with Crippen molar-refractivity contribution in [3.63, 3.8) is 0 Å². The maximum absolute atomic E-state index is 12.2. The van der Waals surface area contributed by atoms with Crippen molar-refractivity contribution < 1.29 is 19.2 Å². The van der Waals surface area contributed by atoms with Gasteiger partial charge in [0.05, 0.1) is 23.5 Å². The van der Waals surface area contributed by atoms with Gasteiger partial charge in [0.15, 0.2) is 5.13 Å². The summed E-state index contributed by atoms with van der Waals surface area (Å²) in [7, 11) is 1.58. The summed E-state index contributed by atoms with van der Waals surface area (Å²) >= 11 is 2.67. The van der Waals surface area contributed by atoms with Crippen molar-refractivity contribution in [2.45, 2.75) is 5.75 Å². The fourth-order valence-electron chi connectivity index (χ4n) is 2.45. The van der Waals surface area contributed by atoms with Gasteiger partial charge in [0.2, 0.25) is 5.91 Å². The third kappa shape index (κ3) is 6.52. The van der Waals surface area contributed by atoms with Gasteiger partial charge >= 0.3 is 0 Å². The Morgan fingerprint density at radius 3 is 2.48 bits per heavy atom. The number of ether oxygens (including phenoxy) is 1. The van der Waals surface area contributed by atoms with Crippen LogP contribution in [0, 0.1) is 10.1 Å². The highest BCUT2D eigenvalue weighted by Gasteiger charge is 2.12. The van der Waals surface area contributed by atoms with E-state index in [9.17, 15) is 19.7 Å². The second-order valence-electron chi connectivity index (χ2n) is 6.17. The Morgan fingerprint density at radius 2 is 1.84 bits per heavy atom. The van der Waals surface area contributed by atoms with Crippen molar-refractivity contribution in [1.82, 2.24) is 4.98 Å². The summed E-state index contributed by atoms with van der Waals surface area (Å²) in [5.74, 6) is 0.959. The van der Waals surface area contributed by atoms with E-state index >= 15 is 0 Å². The lowest BCUT2D eigenvalue weighted by atomic mass is 10.2. The fourth-order valence-corrected chi connectivity index (χ4v) is 3.98.